The van der Waals surface area contributed by atoms with Crippen LogP contribution in [0.15, 0.2) is 17.5 Å². The maximum atomic E-state index is 11.3. The molecule has 0 aliphatic carbocycles. The van der Waals surface area contributed by atoms with Crippen molar-refractivity contribution >= 4 is 29.2 Å². The Labute approximate surface area is 95.6 Å². The van der Waals surface area contributed by atoms with Crippen LogP contribution in [0.4, 0.5) is 4.79 Å². The van der Waals surface area contributed by atoms with Crippen LogP contribution in [0.25, 0.3) is 0 Å². The van der Waals surface area contributed by atoms with Gasteiger partial charge in [0.1, 0.15) is 4.88 Å². The molecule has 0 aromatic carbocycles. The van der Waals surface area contributed by atoms with Gasteiger partial charge in [0.05, 0.1) is 0 Å². The maximum Gasteiger partial charge on any atom is 0.348 e. The van der Waals surface area contributed by atoms with Gasteiger partial charge in [0.2, 0.25) is 0 Å². The summed E-state index contributed by atoms with van der Waals surface area (Å²) in [5.74, 6) is -1.26. The van der Waals surface area contributed by atoms with E-state index in [2.05, 4.69) is 10.1 Å². The third-order valence-corrected chi connectivity index (χ3v) is 2.39. The first kappa shape index (κ1) is 12.2. The molecule has 1 rings (SSSR count). The van der Waals surface area contributed by atoms with E-state index in [0.29, 0.717) is 4.88 Å². The Bertz CT molecular complexity index is 388. The molecule has 0 radical (unpaired) electrons. The van der Waals surface area contributed by atoms with Gasteiger partial charge in [0.25, 0.3) is 5.91 Å². The summed E-state index contributed by atoms with van der Waals surface area (Å²) >= 11 is 1.22. The summed E-state index contributed by atoms with van der Waals surface area (Å²) < 4.78 is 4.67. The third kappa shape index (κ3) is 3.70. The first-order chi connectivity index (χ1) is 7.63. The number of ether oxygens (including phenoxy) is 1. The summed E-state index contributed by atoms with van der Waals surface area (Å²) in [5.41, 5.74) is 0. The highest BCUT2D eigenvalue weighted by molar-refractivity contribution is 7.11. The third-order valence-electron chi connectivity index (χ3n) is 1.54. The van der Waals surface area contributed by atoms with E-state index in [9.17, 15) is 14.4 Å². The van der Waals surface area contributed by atoms with E-state index in [-0.39, 0.29) is 0 Å². The van der Waals surface area contributed by atoms with E-state index in [1.165, 1.54) is 18.4 Å². The van der Waals surface area contributed by atoms with Crippen LogP contribution < -0.4 is 10.6 Å². The molecule has 0 fully saturated rings. The normalized spacial score (nSPS) is 9.31. The zero-order valence-electron chi connectivity index (χ0n) is 8.48. The van der Waals surface area contributed by atoms with Crippen molar-refractivity contribution in [3.63, 3.8) is 0 Å². The number of thiophene rings is 1. The lowest BCUT2D eigenvalue weighted by molar-refractivity contribution is -0.123. The van der Waals surface area contributed by atoms with Crippen LogP contribution >= 0.6 is 11.3 Å². The smallest absolute Gasteiger partial charge is 0.348 e. The fraction of sp³-hybridized carbons (Fsp3) is 0.222. The highest BCUT2D eigenvalue weighted by atomic mass is 32.1. The Morgan fingerprint density at radius 2 is 2.19 bits per heavy atom. The van der Waals surface area contributed by atoms with Crippen molar-refractivity contribution in [2.24, 2.45) is 0 Å². The van der Waals surface area contributed by atoms with Crippen LogP contribution in [-0.4, -0.2) is 31.6 Å². The lowest BCUT2D eigenvalue weighted by Gasteiger charge is -2.03. The van der Waals surface area contributed by atoms with Gasteiger partial charge in [-0.15, -0.1) is 11.3 Å². The Hall–Kier alpha value is -1.89. The second-order valence-electron chi connectivity index (χ2n) is 2.68. The molecule has 1 heterocycles. The first-order valence-electron chi connectivity index (χ1n) is 4.35. The average Bonchev–Trinajstić information content (AvgIpc) is 2.79. The van der Waals surface area contributed by atoms with E-state index >= 15 is 0 Å². The average molecular weight is 242 g/mol. The van der Waals surface area contributed by atoms with Gasteiger partial charge in [-0.25, -0.2) is 9.59 Å². The molecule has 1 aromatic heterocycles. The van der Waals surface area contributed by atoms with E-state index in [1.54, 1.807) is 17.5 Å². The monoisotopic (exact) mass is 242 g/mol. The molecular weight excluding hydrogens is 232 g/mol. The fourth-order valence-electron chi connectivity index (χ4n) is 0.822. The van der Waals surface area contributed by atoms with Crippen molar-refractivity contribution in [3.05, 3.63) is 22.4 Å². The molecule has 3 amide bonds. The molecule has 0 aliphatic rings. The van der Waals surface area contributed by atoms with Gasteiger partial charge in [0, 0.05) is 7.05 Å². The van der Waals surface area contributed by atoms with Crippen LogP contribution in [0.5, 0.6) is 0 Å². The van der Waals surface area contributed by atoms with Crippen LogP contribution in [0.2, 0.25) is 0 Å². The Morgan fingerprint density at radius 3 is 2.75 bits per heavy atom. The summed E-state index contributed by atoms with van der Waals surface area (Å²) in [6, 6.07) is 2.65. The molecule has 16 heavy (non-hydrogen) atoms. The minimum absolute atomic E-state index is 0.410. The number of rotatable bonds is 3. The number of esters is 1. The molecule has 1 aromatic rings. The molecule has 0 aliphatic heterocycles. The highest BCUT2D eigenvalue weighted by Crippen LogP contribution is 2.09. The Kier molecular flexibility index (Phi) is 4.46. The van der Waals surface area contributed by atoms with Gasteiger partial charge in [0.15, 0.2) is 6.61 Å². The minimum Gasteiger partial charge on any atom is -0.451 e. The van der Waals surface area contributed by atoms with Crippen LogP contribution in [0.3, 0.4) is 0 Å². The van der Waals surface area contributed by atoms with Gasteiger partial charge >= 0.3 is 12.0 Å². The molecule has 0 saturated carbocycles. The summed E-state index contributed by atoms with van der Waals surface area (Å²) in [6.45, 7) is -0.482. The van der Waals surface area contributed by atoms with E-state index in [4.69, 9.17) is 0 Å². The second-order valence-corrected chi connectivity index (χ2v) is 3.63. The molecule has 86 valence electrons. The molecule has 0 saturated heterocycles. The SMILES string of the molecule is CNC(=O)NC(=O)COC(=O)c1cccs1. The predicted molar refractivity (Wildman–Crippen MR) is 57.2 cm³/mol. The predicted octanol–water partition coefficient (Wildman–Crippen LogP) is 0.361. The van der Waals surface area contributed by atoms with Gasteiger partial charge in [-0.1, -0.05) is 6.07 Å². The quantitative estimate of drug-likeness (QED) is 0.749. The number of carbonyl (C=O) groups excluding carboxylic acids is 3. The summed E-state index contributed by atoms with van der Waals surface area (Å²) in [7, 11) is 1.38. The first-order valence-corrected chi connectivity index (χ1v) is 5.23. The largest absolute Gasteiger partial charge is 0.451 e. The zero-order valence-corrected chi connectivity index (χ0v) is 9.30. The number of amides is 3. The van der Waals surface area contributed by atoms with E-state index in [1.807, 2.05) is 5.32 Å². The Morgan fingerprint density at radius 1 is 1.44 bits per heavy atom. The number of nitrogens with one attached hydrogen (secondary N) is 2. The summed E-state index contributed by atoms with van der Waals surface area (Å²) in [6.07, 6.45) is 0. The number of imide groups is 1. The van der Waals surface area contributed by atoms with E-state index in [0.717, 1.165) is 0 Å². The standard InChI is InChI=1S/C9H10N2O4S/c1-10-9(14)11-7(12)5-15-8(13)6-3-2-4-16-6/h2-4H,5H2,1H3,(H2,10,11,12,14). The second kappa shape index (κ2) is 5.86. The summed E-state index contributed by atoms with van der Waals surface area (Å²) in [5, 5.41) is 5.89. The van der Waals surface area contributed by atoms with E-state index < -0.39 is 24.5 Å². The molecule has 0 bridgehead atoms. The maximum absolute atomic E-state index is 11.3. The van der Waals surface area contributed by atoms with Crippen molar-refractivity contribution in [1.29, 1.82) is 0 Å². The zero-order chi connectivity index (χ0) is 12.0. The topological polar surface area (TPSA) is 84.5 Å². The molecular formula is C9H10N2O4S. The van der Waals surface area contributed by atoms with Crippen molar-refractivity contribution in [1.82, 2.24) is 10.6 Å². The van der Waals surface area contributed by atoms with Crippen LogP contribution in [0, 0.1) is 0 Å². The number of hydrogen-bond acceptors (Lipinski definition) is 5. The number of urea groups is 1. The molecule has 0 spiro atoms. The lowest BCUT2D eigenvalue weighted by Crippen LogP contribution is -2.39. The molecule has 0 atom stereocenters. The molecule has 6 nitrogen and oxygen atoms in total. The molecule has 0 unspecified atom stereocenters. The van der Waals surface area contributed by atoms with Gasteiger partial charge in [-0.3, -0.25) is 10.1 Å². The van der Waals surface area contributed by atoms with Crippen molar-refractivity contribution in [2.45, 2.75) is 0 Å². The molecule has 7 heteroatoms. The van der Waals surface area contributed by atoms with Crippen molar-refractivity contribution in [2.75, 3.05) is 13.7 Å². The highest BCUT2D eigenvalue weighted by Gasteiger charge is 2.11. The van der Waals surface area contributed by atoms with Gasteiger partial charge in [-0.2, -0.15) is 0 Å². The Balaban J connectivity index is 2.32. The number of hydrogen-bond donors (Lipinski definition) is 2. The van der Waals surface area contributed by atoms with Gasteiger partial charge in [-0.05, 0) is 11.4 Å². The number of carbonyl (C=O) groups is 3. The lowest BCUT2D eigenvalue weighted by atomic mass is 10.5. The van der Waals surface area contributed by atoms with Crippen molar-refractivity contribution in [3.8, 4) is 0 Å². The minimum atomic E-state index is -0.677. The van der Waals surface area contributed by atoms with Crippen molar-refractivity contribution < 1.29 is 19.1 Å². The van der Waals surface area contributed by atoms with Crippen LogP contribution in [0.1, 0.15) is 9.67 Å². The summed E-state index contributed by atoms with van der Waals surface area (Å²) in [4.78, 5) is 33.4. The van der Waals surface area contributed by atoms with Crippen LogP contribution in [-0.2, 0) is 9.53 Å². The fourth-order valence-corrected chi connectivity index (χ4v) is 1.44. The van der Waals surface area contributed by atoms with Gasteiger partial charge < -0.3 is 10.1 Å². The molecule has 2 N–H and O–H groups in total.